The topological polar surface area (TPSA) is 49.8 Å². The van der Waals surface area contributed by atoms with E-state index in [0.29, 0.717) is 17.7 Å². The third-order valence-corrected chi connectivity index (χ3v) is 4.06. The van der Waals surface area contributed by atoms with Gasteiger partial charge in [0.1, 0.15) is 11.3 Å². The molecule has 1 aliphatic heterocycles. The van der Waals surface area contributed by atoms with Gasteiger partial charge in [0.2, 0.25) is 0 Å². The molecule has 0 saturated carbocycles. The van der Waals surface area contributed by atoms with Gasteiger partial charge in [-0.3, -0.25) is 4.90 Å². The summed E-state index contributed by atoms with van der Waals surface area (Å²) in [7, 11) is 1.50. The normalized spacial score (nSPS) is 19.5. The van der Waals surface area contributed by atoms with Gasteiger partial charge in [0.15, 0.2) is 0 Å². The number of likely N-dealkylation sites (tertiary alicyclic amines) is 1. The molecule has 1 N–H and O–H groups in total. The molecule has 4 heteroatoms. The molecule has 1 atom stereocenters. The maximum absolute atomic E-state index is 11.2. The van der Waals surface area contributed by atoms with E-state index in [1.165, 1.54) is 20.0 Å². The Kier molecular flexibility index (Phi) is 4.65. The molecule has 2 rings (SSSR count). The Morgan fingerprint density at radius 1 is 1.50 bits per heavy atom. The smallest absolute Gasteiger partial charge is 0.339 e. The molecule has 4 nitrogen and oxygen atoms in total. The number of hydrogen-bond donors (Lipinski definition) is 1. The summed E-state index contributed by atoms with van der Waals surface area (Å²) >= 11 is 0. The van der Waals surface area contributed by atoms with Crippen molar-refractivity contribution in [3.05, 3.63) is 29.3 Å². The van der Waals surface area contributed by atoms with Gasteiger partial charge < -0.3 is 9.84 Å². The van der Waals surface area contributed by atoms with Crippen LogP contribution in [0.4, 0.5) is 0 Å². The van der Waals surface area contributed by atoms with Crippen LogP contribution in [0.3, 0.4) is 0 Å². The number of carboxylic acid groups (broad SMARTS) is 1. The van der Waals surface area contributed by atoms with Crippen LogP contribution < -0.4 is 4.74 Å². The summed E-state index contributed by atoms with van der Waals surface area (Å²) in [6.07, 6.45) is 2.46. The number of rotatable bonds is 5. The fourth-order valence-corrected chi connectivity index (χ4v) is 3.06. The third kappa shape index (κ3) is 3.12. The maximum atomic E-state index is 11.2. The van der Waals surface area contributed by atoms with Crippen molar-refractivity contribution < 1.29 is 14.6 Å². The quantitative estimate of drug-likeness (QED) is 0.899. The van der Waals surface area contributed by atoms with Crippen LogP contribution in [0.5, 0.6) is 5.75 Å². The van der Waals surface area contributed by atoms with E-state index in [0.717, 1.165) is 18.7 Å². The van der Waals surface area contributed by atoms with Gasteiger partial charge in [-0.1, -0.05) is 19.9 Å². The van der Waals surface area contributed by atoms with Crippen molar-refractivity contribution >= 4 is 5.97 Å². The Labute approximate surface area is 120 Å². The van der Waals surface area contributed by atoms with Crippen molar-refractivity contribution in [3.63, 3.8) is 0 Å². The van der Waals surface area contributed by atoms with Crippen molar-refractivity contribution in [1.29, 1.82) is 0 Å². The zero-order valence-electron chi connectivity index (χ0n) is 12.4. The van der Waals surface area contributed by atoms with Crippen LogP contribution in [-0.2, 0) is 6.54 Å². The monoisotopic (exact) mass is 277 g/mol. The second-order valence-corrected chi connectivity index (χ2v) is 5.76. The van der Waals surface area contributed by atoms with Crippen molar-refractivity contribution in [2.24, 2.45) is 5.92 Å². The molecule has 0 amide bonds. The van der Waals surface area contributed by atoms with Crippen molar-refractivity contribution in [2.75, 3.05) is 13.7 Å². The average Bonchev–Trinajstić information content (AvgIpc) is 2.87. The maximum Gasteiger partial charge on any atom is 0.339 e. The Morgan fingerprint density at radius 3 is 2.85 bits per heavy atom. The molecule has 1 fully saturated rings. The molecule has 0 bridgehead atoms. The van der Waals surface area contributed by atoms with Crippen LogP contribution >= 0.6 is 0 Å². The molecular weight excluding hydrogens is 254 g/mol. The average molecular weight is 277 g/mol. The molecule has 1 heterocycles. The van der Waals surface area contributed by atoms with Gasteiger partial charge in [0.05, 0.1) is 7.11 Å². The molecule has 20 heavy (non-hydrogen) atoms. The van der Waals surface area contributed by atoms with Gasteiger partial charge in [-0.05, 0) is 43.0 Å². The summed E-state index contributed by atoms with van der Waals surface area (Å²) in [6, 6.07) is 6.04. The largest absolute Gasteiger partial charge is 0.496 e. The fourth-order valence-electron chi connectivity index (χ4n) is 3.06. The minimum Gasteiger partial charge on any atom is -0.496 e. The molecule has 1 saturated heterocycles. The second kappa shape index (κ2) is 6.27. The van der Waals surface area contributed by atoms with E-state index in [-0.39, 0.29) is 5.56 Å². The Morgan fingerprint density at radius 2 is 2.25 bits per heavy atom. The molecule has 0 spiro atoms. The van der Waals surface area contributed by atoms with Crippen molar-refractivity contribution in [2.45, 2.75) is 39.3 Å². The van der Waals surface area contributed by atoms with Crippen LogP contribution in [-0.4, -0.2) is 35.7 Å². The van der Waals surface area contributed by atoms with Crippen LogP contribution in [0.15, 0.2) is 18.2 Å². The summed E-state index contributed by atoms with van der Waals surface area (Å²) in [5.41, 5.74) is 1.28. The minimum absolute atomic E-state index is 0.241. The molecule has 1 aliphatic rings. The first-order valence-electron chi connectivity index (χ1n) is 7.17. The summed E-state index contributed by atoms with van der Waals surface area (Å²) in [6.45, 7) is 6.41. The first-order valence-corrected chi connectivity index (χ1v) is 7.17. The Hall–Kier alpha value is -1.55. The van der Waals surface area contributed by atoms with Gasteiger partial charge >= 0.3 is 5.97 Å². The number of nitrogens with zero attached hydrogens (tertiary/aromatic N) is 1. The zero-order valence-corrected chi connectivity index (χ0v) is 12.4. The number of hydrogen-bond acceptors (Lipinski definition) is 3. The highest BCUT2D eigenvalue weighted by Crippen LogP contribution is 2.27. The van der Waals surface area contributed by atoms with Gasteiger partial charge in [-0.15, -0.1) is 0 Å². The van der Waals surface area contributed by atoms with Crippen LogP contribution in [0.2, 0.25) is 0 Å². The first kappa shape index (κ1) is 14.9. The standard InChI is InChI=1S/C16H23NO3/c1-11(2)14-5-4-8-17(14)10-12-6-7-15(20-3)13(9-12)16(18)19/h6-7,9,11,14H,4-5,8,10H2,1-3H3,(H,18,19). The Bertz CT molecular complexity index is 485. The summed E-state index contributed by atoms with van der Waals surface area (Å²) in [4.78, 5) is 13.7. The highest BCUT2D eigenvalue weighted by atomic mass is 16.5. The van der Waals surface area contributed by atoms with E-state index in [1.807, 2.05) is 6.07 Å². The van der Waals surface area contributed by atoms with Crippen LogP contribution in [0.25, 0.3) is 0 Å². The highest BCUT2D eigenvalue weighted by molar-refractivity contribution is 5.91. The van der Waals surface area contributed by atoms with E-state index < -0.39 is 5.97 Å². The molecule has 1 aromatic rings. The summed E-state index contributed by atoms with van der Waals surface area (Å²) in [5.74, 6) is 0.114. The summed E-state index contributed by atoms with van der Waals surface area (Å²) in [5, 5.41) is 9.23. The minimum atomic E-state index is -0.939. The lowest BCUT2D eigenvalue weighted by atomic mass is 10.0. The van der Waals surface area contributed by atoms with Crippen LogP contribution in [0.1, 0.15) is 42.6 Å². The fraction of sp³-hybridized carbons (Fsp3) is 0.562. The number of aromatic carboxylic acids is 1. The van der Waals surface area contributed by atoms with Crippen molar-refractivity contribution in [3.8, 4) is 5.75 Å². The van der Waals surface area contributed by atoms with E-state index in [1.54, 1.807) is 12.1 Å². The van der Waals surface area contributed by atoms with E-state index in [4.69, 9.17) is 4.74 Å². The molecule has 1 aromatic carbocycles. The lowest BCUT2D eigenvalue weighted by Crippen LogP contribution is -2.32. The number of carbonyl (C=O) groups is 1. The molecule has 0 radical (unpaired) electrons. The van der Waals surface area contributed by atoms with Gasteiger partial charge in [-0.25, -0.2) is 4.79 Å². The summed E-state index contributed by atoms with van der Waals surface area (Å²) < 4.78 is 5.10. The molecule has 110 valence electrons. The van der Waals surface area contributed by atoms with Crippen LogP contribution in [0, 0.1) is 5.92 Å². The Balaban J connectivity index is 2.17. The molecule has 0 aromatic heterocycles. The number of ether oxygens (including phenoxy) is 1. The van der Waals surface area contributed by atoms with Gasteiger partial charge in [0.25, 0.3) is 0 Å². The van der Waals surface area contributed by atoms with E-state index >= 15 is 0 Å². The van der Waals surface area contributed by atoms with E-state index in [2.05, 4.69) is 18.7 Å². The third-order valence-electron chi connectivity index (χ3n) is 4.06. The second-order valence-electron chi connectivity index (χ2n) is 5.76. The number of carboxylic acids is 1. The molecule has 0 aliphatic carbocycles. The SMILES string of the molecule is COc1ccc(CN2CCCC2C(C)C)cc1C(=O)O. The first-order chi connectivity index (χ1) is 9.52. The predicted octanol–water partition coefficient (Wildman–Crippen LogP) is 3.01. The molecule has 1 unspecified atom stereocenters. The lowest BCUT2D eigenvalue weighted by Gasteiger charge is -2.27. The predicted molar refractivity (Wildman–Crippen MR) is 78.2 cm³/mol. The lowest BCUT2D eigenvalue weighted by molar-refractivity contribution is 0.0693. The van der Waals surface area contributed by atoms with Gasteiger partial charge in [-0.2, -0.15) is 0 Å². The zero-order chi connectivity index (χ0) is 14.7. The molecular formula is C16H23NO3. The number of benzene rings is 1. The van der Waals surface area contributed by atoms with E-state index in [9.17, 15) is 9.90 Å². The number of methoxy groups -OCH3 is 1. The van der Waals surface area contributed by atoms with Crippen molar-refractivity contribution in [1.82, 2.24) is 4.90 Å². The highest BCUT2D eigenvalue weighted by Gasteiger charge is 2.27. The van der Waals surface area contributed by atoms with Gasteiger partial charge in [0, 0.05) is 12.6 Å².